The second kappa shape index (κ2) is 8.09. The van der Waals surface area contributed by atoms with Gasteiger partial charge in [0.2, 0.25) is 5.91 Å². The molecule has 0 bridgehead atoms. The Kier molecular flexibility index (Phi) is 5.62. The van der Waals surface area contributed by atoms with Crippen molar-refractivity contribution < 1.29 is 14.3 Å². The molecule has 1 fully saturated rings. The fourth-order valence-electron chi connectivity index (χ4n) is 3.21. The predicted octanol–water partition coefficient (Wildman–Crippen LogP) is 1.80. The molecule has 2 aromatic rings. The molecule has 1 aliphatic rings. The number of hydrogen-bond acceptors (Lipinski definition) is 6. The number of nitrogens with one attached hydrogen (secondary N) is 2. The van der Waals surface area contributed by atoms with E-state index in [1.807, 2.05) is 13.0 Å². The molecule has 1 unspecified atom stereocenters. The summed E-state index contributed by atoms with van der Waals surface area (Å²) in [6.45, 7) is 3.59. The molecule has 0 aliphatic carbocycles. The molecule has 2 atom stereocenters. The van der Waals surface area contributed by atoms with E-state index in [4.69, 9.17) is 0 Å². The van der Waals surface area contributed by atoms with Gasteiger partial charge in [-0.3, -0.25) is 14.8 Å². The van der Waals surface area contributed by atoms with E-state index in [2.05, 4.69) is 30.1 Å². The highest BCUT2D eigenvalue weighted by molar-refractivity contribution is 5.94. The summed E-state index contributed by atoms with van der Waals surface area (Å²) in [6.07, 6.45) is 5.27. The first-order valence-electron chi connectivity index (χ1n) is 8.67. The van der Waals surface area contributed by atoms with Gasteiger partial charge in [0.1, 0.15) is 5.82 Å². The molecule has 8 nitrogen and oxygen atoms in total. The molecule has 0 saturated carbocycles. The lowest BCUT2D eigenvalue weighted by Crippen LogP contribution is -2.46. The van der Waals surface area contributed by atoms with E-state index in [9.17, 15) is 9.59 Å². The summed E-state index contributed by atoms with van der Waals surface area (Å²) in [6, 6.07) is 4.89. The maximum atomic E-state index is 12.6. The fourth-order valence-corrected chi connectivity index (χ4v) is 3.21. The van der Waals surface area contributed by atoms with Gasteiger partial charge in [-0.1, -0.05) is 0 Å². The Balaban J connectivity index is 1.59. The molecule has 1 amide bonds. The topological polar surface area (TPSA) is 100 Å². The van der Waals surface area contributed by atoms with Gasteiger partial charge in [-0.2, -0.15) is 5.10 Å². The fraction of sp³-hybridized carbons (Fsp3) is 0.444. The summed E-state index contributed by atoms with van der Waals surface area (Å²) in [5.41, 5.74) is 1.46. The number of aromatic amines is 1. The summed E-state index contributed by atoms with van der Waals surface area (Å²) < 4.78 is 4.64. The SMILES string of the molecule is COC(=O)c1ccc(NC(=O)[C@H](C)N2CCCC(c3ccn[nH]3)C2)nc1. The van der Waals surface area contributed by atoms with E-state index in [1.165, 1.54) is 13.3 Å². The predicted molar refractivity (Wildman–Crippen MR) is 95.8 cm³/mol. The van der Waals surface area contributed by atoms with E-state index in [0.29, 0.717) is 17.3 Å². The Morgan fingerprint density at radius 3 is 2.88 bits per heavy atom. The van der Waals surface area contributed by atoms with Crippen LogP contribution in [-0.4, -0.2) is 58.2 Å². The van der Waals surface area contributed by atoms with Gasteiger partial charge >= 0.3 is 5.97 Å². The van der Waals surface area contributed by atoms with E-state index < -0.39 is 5.97 Å². The summed E-state index contributed by atoms with van der Waals surface area (Å²) in [5, 5.41) is 9.86. The van der Waals surface area contributed by atoms with Gasteiger partial charge in [0.05, 0.1) is 18.7 Å². The number of carbonyl (C=O) groups is 2. The third-order valence-electron chi connectivity index (χ3n) is 4.78. The van der Waals surface area contributed by atoms with Crippen LogP contribution in [0.5, 0.6) is 0 Å². The van der Waals surface area contributed by atoms with Crippen LogP contribution in [0, 0.1) is 0 Å². The number of methoxy groups -OCH3 is 1. The van der Waals surface area contributed by atoms with Gasteiger partial charge < -0.3 is 10.1 Å². The summed E-state index contributed by atoms with van der Waals surface area (Å²) in [7, 11) is 1.31. The third kappa shape index (κ3) is 4.08. The Labute approximate surface area is 151 Å². The van der Waals surface area contributed by atoms with E-state index in [0.717, 1.165) is 31.6 Å². The van der Waals surface area contributed by atoms with Crippen molar-refractivity contribution in [3.63, 3.8) is 0 Å². The van der Waals surface area contributed by atoms with Crippen LogP contribution >= 0.6 is 0 Å². The zero-order chi connectivity index (χ0) is 18.5. The minimum absolute atomic E-state index is 0.117. The lowest BCUT2D eigenvalue weighted by atomic mass is 9.94. The lowest BCUT2D eigenvalue weighted by Gasteiger charge is -2.35. The van der Waals surface area contributed by atoms with Gasteiger partial charge in [0.25, 0.3) is 0 Å². The number of anilines is 1. The maximum Gasteiger partial charge on any atom is 0.339 e. The van der Waals surface area contributed by atoms with Crippen LogP contribution < -0.4 is 5.32 Å². The van der Waals surface area contributed by atoms with Crippen molar-refractivity contribution in [1.29, 1.82) is 0 Å². The number of H-pyrrole nitrogens is 1. The van der Waals surface area contributed by atoms with Crippen molar-refractivity contribution in [3.8, 4) is 0 Å². The Morgan fingerprint density at radius 2 is 2.23 bits per heavy atom. The van der Waals surface area contributed by atoms with Crippen molar-refractivity contribution in [2.45, 2.75) is 31.7 Å². The van der Waals surface area contributed by atoms with Crippen LogP contribution in [0.2, 0.25) is 0 Å². The summed E-state index contributed by atoms with van der Waals surface area (Å²) in [5.74, 6) is 0.200. The standard InChI is InChI=1S/C18H23N5O3/c1-12(23-9-3-4-14(11-23)15-7-8-20-22-15)17(24)21-16-6-5-13(10-19-16)18(25)26-2/h5-8,10,12,14H,3-4,9,11H2,1-2H3,(H,20,22)(H,19,21,24)/t12-,14?/m0/s1. The molecule has 1 saturated heterocycles. The molecule has 1 aliphatic heterocycles. The molecule has 0 aromatic carbocycles. The van der Waals surface area contributed by atoms with Crippen LogP contribution in [0.25, 0.3) is 0 Å². The normalized spacial score (nSPS) is 18.9. The molecule has 3 heterocycles. The number of aromatic nitrogens is 3. The van der Waals surface area contributed by atoms with Crippen molar-refractivity contribution in [1.82, 2.24) is 20.1 Å². The average molecular weight is 357 g/mol. The van der Waals surface area contributed by atoms with Crippen LogP contribution in [0.3, 0.4) is 0 Å². The van der Waals surface area contributed by atoms with Crippen LogP contribution in [0.4, 0.5) is 5.82 Å². The number of piperidine rings is 1. The first kappa shape index (κ1) is 18.1. The molecule has 26 heavy (non-hydrogen) atoms. The van der Waals surface area contributed by atoms with Crippen LogP contribution in [-0.2, 0) is 9.53 Å². The zero-order valence-electron chi connectivity index (χ0n) is 14.9. The van der Waals surface area contributed by atoms with Gasteiger partial charge in [0.15, 0.2) is 0 Å². The van der Waals surface area contributed by atoms with Gasteiger partial charge in [-0.25, -0.2) is 9.78 Å². The van der Waals surface area contributed by atoms with Crippen molar-refractivity contribution in [2.24, 2.45) is 0 Å². The Bertz CT molecular complexity index is 745. The molecule has 0 radical (unpaired) electrons. The molecule has 0 spiro atoms. The number of likely N-dealkylation sites (tertiary alicyclic amines) is 1. The quantitative estimate of drug-likeness (QED) is 0.792. The highest BCUT2D eigenvalue weighted by atomic mass is 16.5. The van der Waals surface area contributed by atoms with Gasteiger partial charge in [-0.15, -0.1) is 0 Å². The minimum Gasteiger partial charge on any atom is -0.465 e. The number of rotatable bonds is 5. The van der Waals surface area contributed by atoms with E-state index in [-0.39, 0.29) is 11.9 Å². The first-order valence-corrected chi connectivity index (χ1v) is 8.67. The molecule has 8 heteroatoms. The molecule has 3 rings (SSSR count). The minimum atomic E-state index is -0.457. The maximum absolute atomic E-state index is 12.6. The highest BCUT2D eigenvalue weighted by Gasteiger charge is 2.28. The Morgan fingerprint density at radius 1 is 1.38 bits per heavy atom. The molecular formula is C18H23N5O3. The monoisotopic (exact) mass is 357 g/mol. The molecular weight excluding hydrogens is 334 g/mol. The number of hydrogen-bond donors (Lipinski definition) is 2. The number of esters is 1. The Hall–Kier alpha value is -2.74. The van der Waals surface area contributed by atoms with E-state index >= 15 is 0 Å². The second-order valence-corrected chi connectivity index (χ2v) is 6.43. The number of carbonyl (C=O) groups excluding carboxylic acids is 2. The van der Waals surface area contributed by atoms with Gasteiger partial charge in [-0.05, 0) is 44.5 Å². The molecule has 2 N–H and O–H groups in total. The number of amides is 1. The first-order chi connectivity index (χ1) is 12.6. The van der Waals surface area contributed by atoms with Crippen LogP contribution in [0.1, 0.15) is 41.7 Å². The lowest BCUT2D eigenvalue weighted by molar-refractivity contribution is -0.121. The van der Waals surface area contributed by atoms with E-state index in [1.54, 1.807) is 18.3 Å². The molecule has 2 aromatic heterocycles. The highest BCUT2D eigenvalue weighted by Crippen LogP contribution is 2.26. The van der Waals surface area contributed by atoms with Crippen molar-refractivity contribution >= 4 is 17.7 Å². The van der Waals surface area contributed by atoms with Crippen LogP contribution in [0.15, 0.2) is 30.6 Å². The smallest absolute Gasteiger partial charge is 0.339 e. The zero-order valence-corrected chi connectivity index (χ0v) is 14.9. The summed E-state index contributed by atoms with van der Waals surface area (Å²) in [4.78, 5) is 30.3. The summed E-state index contributed by atoms with van der Waals surface area (Å²) >= 11 is 0. The second-order valence-electron chi connectivity index (χ2n) is 6.43. The number of nitrogens with zero attached hydrogens (tertiary/aromatic N) is 3. The third-order valence-corrected chi connectivity index (χ3v) is 4.78. The van der Waals surface area contributed by atoms with Crippen molar-refractivity contribution in [2.75, 3.05) is 25.5 Å². The molecule has 138 valence electrons. The van der Waals surface area contributed by atoms with Crippen molar-refractivity contribution in [3.05, 3.63) is 41.9 Å². The average Bonchev–Trinajstić information content (AvgIpc) is 3.22. The number of ether oxygens (including phenoxy) is 1. The largest absolute Gasteiger partial charge is 0.465 e. The van der Waals surface area contributed by atoms with Gasteiger partial charge in [0, 0.05) is 30.6 Å². The number of pyridine rings is 1.